The average Bonchev–Trinajstić information content (AvgIpc) is 2.42. The van der Waals surface area contributed by atoms with E-state index < -0.39 is 0 Å². The van der Waals surface area contributed by atoms with Gasteiger partial charge in [-0.15, -0.1) is 0 Å². The Morgan fingerprint density at radius 1 is 1.45 bits per heavy atom. The second-order valence-corrected chi connectivity index (χ2v) is 5.62. The van der Waals surface area contributed by atoms with Gasteiger partial charge in [-0.25, -0.2) is 0 Å². The van der Waals surface area contributed by atoms with Crippen molar-refractivity contribution in [2.24, 2.45) is 5.73 Å². The van der Waals surface area contributed by atoms with Crippen molar-refractivity contribution in [3.63, 3.8) is 0 Å². The van der Waals surface area contributed by atoms with Gasteiger partial charge in [-0.05, 0) is 31.9 Å². The Hall–Kier alpha value is -1.39. The van der Waals surface area contributed by atoms with Gasteiger partial charge in [0.2, 0.25) is 5.91 Å². The predicted molar refractivity (Wildman–Crippen MR) is 79.5 cm³/mol. The number of morpholine rings is 1. The third kappa shape index (κ3) is 3.19. The first-order valence-electron chi connectivity index (χ1n) is 7.21. The minimum atomic E-state index is -0.0344. The minimum absolute atomic E-state index is 0.0344. The number of nitrogens with two attached hydrogens (primary N) is 1. The van der Waals surface area contributed by atoms with Gasteiger partial charge in [-0.1, -0.05) is 23.8 Å². The molecule has 1 aliphatic heterocycles. The quantitative estimate of drug-likeness (QED) is 0.918. The summed E-state index contributed by atoms with van der Waals surface area (Å²) >= 11 is 0. The first-order valence-corrected chi connectivity index (χ1v) is 7.21. The van der Waals surface area contributed by atoms with Crippen molar-refractivity contribution in [1.82, 2.24) is 4.90 Å². The molecule has 0 bridgehead atoms. The topological polar surface area (TPSA) is 55.6 Å². The van der Waals surface area contributed by atoms with Crippen LogP contribution in [0.3, 0.4) is 0 Å². The number of carbonyl (C=O) groups is 1. The molecule has 4 nitrogen and oxygen atoms in total. The summed E-state index contributed by atoms with van der Waals surface area (Å²) in [4.78, 5) is 14.0. The number of benzene rings is 1. The summed E-state index contributed by atoms with van der Waals surface area (Å²) in [5.41, 5.74) is 9.10. The van der Waals surface area contributed by atoms with E-state index in [0.717, 1.165) is 0 Å². The smallest absolute Gasteiger partial charge is 0.224 e. The molecule has 1 heterocycles. The number of rotatable bonds is 3. The molecule has 2 unspecified atom stereocenters. The molecule has 2 rings (SSSR count). The van der Waals surface area contributed by atoms with Crippen LogP contribution in [0.2, 0.25) is 0 Å². The first kappa shape index (κ1) is 15.0. The Bertz CT molecular complexity index is 487. The molecule has 1 aromatic carbocycles. The van der Waals surface area contributed by atoms with Crippen molar-refractivity contribution in [2.45, 2.75) is 39.3 Å². The molecule has 1 saturated heterocycles. The fraction of sp³-hybridized carbons (Fsp3) is 0.562. The molecule has 1 aliphatic rings. The second kappa shape index (κ2) is 6.37. The molecule has 0 radical (unpaired) electrons. The fourth-order valence-corrected chi connectivity index (χ4v) is 2.67. The normalized spacial score (nSPS) is 22.9. The molecule has 0 aliphatic carbocycles. The molecule has 1 fully saturated rings. The van der Waals surface area contributed by atoms with Crippen LogP contribution in [-0.2, 0) is 9.53 Å². The molecule has 0 saturated carbocycles. The van der Waals surface area contributed by atoms with Crippen LogP contribution in [0, 0.1) is 13.8 Å². The summed E-state index contributed by atoms with van der Waals surface area (Å²) in [7, 11) is 0. The Labute approximate surface area is 120 Å². The van der Waals surface area contributed by atoms with E-state index >= 15 is 0 Å². The number of hydrogen-bond donors (Lipinski definition) is 1. The van der Waals surface area contributed by atoms with Crippen molar-refractivity contribution >= 4 is 5.91 Å². The van der Waals surface area contributed by atoms with E-state index in [2.05, 4.69) is 32.0 Å². The van der Waals surface area contributed by atoms with Crippen LogP contribution >= 0.6 is 0 Å². The Kier molecular flexibility index (Phi) is 4.78. The minimum Gasteiger partial charge on any atom is -0.370 e. The van der Waals surface area contributed by atoms with Gasteiger partial charge in [0, 0.05) is 13.0 Å². The molecule has 2 N–H and O–H groups in total. The average molecular weight is 276 g/mol. The highest BCUT2D eigenvalue weighted by Gasteiger charge is 2.30. The zero-order chi connectivity index (χ0) is 14.7. The predicted octanol–water partition coefficient (Wildman–Crippen LogP) is 1.94. The number of nitrogens with zero attached hydrogens (tertiary/aromatic N) is 1. The van der Waals surface area contributed by atoms with Crippen molar-refractivity contribution in [3.05, 3.63) is 34.9 Å². The maximum atomic E-state index is 12.1. The largest absolute Gasteiger partial charge is 0.370 e. The number of ether oxygens (including phenoxy) is 1. The van der Waals surface area contributed by atoms with Crippen molar-refractivity contribution in [1.29, 1.82) is 0 Å². The monoisotopic (exact) mass is 276 g/mol. The first-order chi connectivity index (χ1) is 9.52. The maximum absolute atomic E-state index is 12.1. The highest BCUT2D eigenvalue weighted by atomic mass is 16.5. The van der Waals surface area contributed by atoms with E-state index in [1.54, 1.807) is 0 Å². The lowest BCUT2D eigenvalue weighted by Gasteiger charge is -2.38. The van der Waals surface area contributed by atoms with Crippen molar-refractivity contribution < 1.29 is 9.53 Å². The number of hydrogen-bond acceptors (Lipinski definition) is 3. The Balaban J connectivity index is 2.18. The van der Waals surface area contributed by atoms with E-state index in [9.17, 15) is 4.79 Å². The van der Waals surface area contributed by atoms with Crippen molar-refractivity contribution in [2.75, 3.05) is 19.7 Å². The molecule has 4 heteroatoms. The third-order valence-corrected chi connectivity index (χ3v) is 3.89. The van der Waals surface area contributed by atoms with Gasteiger partial charge in [0.25, 0.3) is 0 Å². The van der Waals surface area contributed by atoms with Crippen LogP contribution in [0.15, 0.2) is 18.2 Å². The van der Waals surface area contributed by atoms with E-state index in [1.807, 2.05) is 11.8 Å². The molecule has 0 spiro atoms. The maximum Gasteiger partial charge on any atom is 0.224 e. The van der Waals surface area contributed by atoms with E-state index in [-0.39, 0.29) is 18.1 Å². The molecule has 20 heavy (non-hydrogen) atoms. The van der Waals surface area contributed by atoms with Crippen LogP contribution < -0.4 is 5.73 Å². The molecule has 0 aromatic heterocycles. The highest BCUT2D eigenvalue weighted by Crippen LogP contribution is 2.28. The Morgan fingerprint density at radius 2 is 2.20 bits per heavy atom. The van der Waals surface area contributed by atoms with E-state index in [0.29, 0.717) is 26.1 Å². The zero-order valence-electron chi connectivity index (χ0n) is 12.6. The highest BCUT2D eigenvalue weighted by molar-refractivity contribution is 5.76. The lowest BCUT2D eigenvalue weighted by atomic mass is 9.98. The van der Waals surface area contributed by atoms with Gasteiger partial charge in [-0.3, -0.25) is 4.79 Å². The van der Waals surface area contributed by atoms with Crippen molar-refractivity contribution in [3.8, 4) is 0 Å². The lowest BCUT2D eigenvalue weighted by Crippen LogP contribution is -2.48. The molecule has 1 amide bonds. The number of aryl methyl sites for hydroxylation is 2. The van der Waals surface area contributed by atoms with Crippen LogP contribution in [0.4, 0.5) is 0 Å². The molecule has 110 valence electrons. The van der Waals surface area contributed by atoms with Gasteiger partial charge >= 0.3 is 0 Å². The zero-order valence-corrected chi connectivity index (χ0v) is 12.6. The third-order valence-electron chi connectivity index (χ3n) is 3.89. The summed E-state index contributed by atoms with van der Waals surface area (Å²) in [5.74, 6) is 0.124. The SMILES string of the molecule is Cc1ccc(C)c(C2CN(C(=O)CCN)C(C)CO2)c1. The summed E-state index contributed by atoms with van der Waals surface area (Å²) in [6, 6.07) is 6.48. The van der Waals surface area contributed by atoms with Gasteiger partial charge in [0.15, 0.2) is 0 Å². The van der Waals surface area contributed by atoms with Gasteiger partial charge in [0.05, 0.1) is 19.2 Å². The lowest BCUT2D eigenvalue weighted by molar-refractivity contribution is -0.144. The summed E-state index contributed by atoms with van der Waals surface area (Å²) < 4.78 is 5.95. The van der Waals surface area contributed by atoms with Crippen LogP contribution in [-0.4, -0.2) is 36.5 Å². The fourth-order valence-electron chi connectivity index (χ4n) is 2.67. The molecule has 1 aromatic rings. The summed E-state index contributed by atoms with van der Waals surface area (Å²) in [6.07, 6.45) is 0.372. The molecule has 2 atom stereocenters. The van der Waals surface area contributed by atoms with E-state index in [1.165, 1.54) is 16.7 Å². The van der Waals surface area contributed by atoms with Crippen LogP contribution in [0.1, 0.15) is 36.1 Å². The van der Waals surface area contributed by atoms with Gasteiger partial charge < -0.3 is 15.4 Å². The number of carbonyl (C=O) groups excluding carboxylic acids is 1. The van der Waals surface area contributed by atoms with Gasteiger partial charge in [-0.2, -0.15) is 0 Å². The van der Waals surface area contributed by atoms with E-state index in [4.69, 9.17) is 10.5 Å². The number of amides is 1. The summed E-state index contributed by atoms with van der Waals surface area (Å²) in [5, 5.41) is 0. The summed E-state index contributed by atoms with van der Waals surface area (Å²) in [6.45, 7) is 7.78. The van der Waals surface area contributed by atoms with Crippen LogP contribution in [0.5, 0.6) is 0 Å². The molecular weight excluding hydrogens is 252 g/mol. The van der Waals surface area contributed by atoms with Crippen LogP contribution in [0.25, 0.3) is 0 Å². The second-order valence-electron chi connectivity index (χ2n) is 5.62. The Morgan fingerprint density at radius 3 is 2.90 bits per heavy atom. The molecular formula is C16H24N2O2. The standard InChI is InChI=1S/C16H24N2O2/c1-11-4-5-12(2)14(8-11)15-9-18(13(3)10-20-15)16(19)6-7-17/h4-5,8,13,15H,6-7,9-10,17H2,1-3H3. The van der Waals surface area contributed by atoms with Gasteiger partial charge in [0.1, 0.15) is 6.10 Å².